The molecule has 1 aliphatic carbocycles. The Morgan fingerprint density at radius 1 is 1.24 bits per heavy atom. The monoisotopic (exact) mass is 554 g/mol. The molecule has 2 heterocycles. The van der Waals surface area contributed by atoms with E-state index < -0.39 is 20.7 Å². The Bertz CT molecular complexity index is 1620. The first-order valence-corrected chi connectivity index (χ1v) is 14.7. The van der Waals surface area contributed by atoms with Crippen molar-refractivity contribution in [2.75, 3.05) is 6.61 Å². The van der Waals surface area contributed by atoms with Crippen LogP contribution in [0.25, 0.3) is 16.4 Å². The summed E-state index contributed by atoms with van der Waals surface area (Å²) >= 11 is 1.34. The average Bonchev–Trinajstić information content (AvgIpc) is 3.41. The van der Waals surface area contributed by atoms with E-state index >= 15 is 0 Å². The van der Waals surface area contributed by atoms with E-state index in [-0.39, 0.29) is 5.78 Å². The van der Waals surface area contributed by atoms with Gasteiger partial charge in [0.05, 0.1) is 18.0 Å². The lowest BCUT2D eigenvalue weighted by Crippen LogP contribution is -2.14. The Morgan fingerprint density at radius 3 is 2.66 bits per heavy atom. The first-order chi connectivity index (χ1) is 18.1. The Hall–Kier alpha value is -3.41. The number of hydrogen-bond donors (Lipinski definition) is 1. The lowest BCUT2D eigenvalue weighted by molar-refractivity contribution is 0.101. The zero-order chi connectivity index (χ0) is 27.0. The molecule has 2 aromatic heterocycles. The number of hydrogen-bond acceptors (Lipinski definition) is 7. The quantitative estimate of drug-likeness (QED) is 0.278. The summed E-state index contributed by atoms with van der Waals surface area (Å²) in [4.78, 5) is 15.9. The van der Waals surface area contributed by atoms with Crippen LogP contribution >= 0.6 is 11.3 Å². The summed E-state index contributed by atoms with van der Waals surface area (Å²) in [5, 5.41) is 12.4. The van der Waals surface area contributed by atoms with Gasteiger partial charge in [-0.1, -0.05) is 18.2 Å². The van der Waals surface area contributed by atoms with Crippen molar-refractivity contribution in [3.63, 3.8) is 0 Å². The standard InChI is InChI=1S/C27H27FN4O4S2/c1-3-36-20-6-4-5-19(14-20)26-21(11-18-9-10-25(22(28)12-18)38(29,34)35)24(13-17-7-8-17)32(31-26)27-30-23(15-37-27)16(2)33/h4-6,9-10,12,14-15,17H,3,7-8,11,13H2,1-2H3,(H2,29,34,35). The number of carbonyl (C=O) groups excluding carboxylic acids is 1. The fraction of sp³-hybridized carbons (Fsp3) is 0.296. The molecule has 38 heavy (non-hydrogen) atoms. The molecule has 0 spiro atoms. The van der Waals surface area contributed by atoms with Gasteiger partial charge in [0, 0.05) is 29.9 Å². The molecule has 1 fully saturated rings. The van der Waals surface area contributed by atoms with Gasteiger partial charge < -0.3 is 4.74 Å². The molecular weight excluding hydrogens is 527 g/mol. The Kier molecular flexibility index (Phi) is 7.17. The third-order valence-electron chi connectivity index (χ3n) is 6.40. The smallest absolute Gasteiger partial charge is 0.240 e. The number of ketones is 1. The van der Waals surface area contributed by atoms with Crippen LogP contribution in [0.3, 0.4) is 0 Å². The van der Waals surface area contributed by atoms with Crippen molar-refractivity contribution in [1.29, 1.82) is 0 Å². The number of primary sulfonamides is 1. The van der Waals surface area contributed by atoms with Crippen molar-refractivity contribution in [2.24, 2.45) is 11.1 Å². The van der Waals surface area contributed by atoms with Gasteiger partial charge in [-0.2, -0.15) is 5.10 Å². The molecule has 0 saturated heterocycles. The average molecular weight is 555 g/mol. The third-order valence-corrected chi connectivity index (χ3v) is 8.17. The summed E-state index contributed by atoms with van der Waals surface area (Å²) in [5.74, 6) is 0.178. The highest BCUT2D eigenvalue weighted by Crippen LogP contribution is 2.38. The van der Waals surface area contributed by atoms with E-state index in [0.717, 1.165) is 36.1 Å². The molecule has 0 bridgehead atoms. The van der Waals surface area contributed by atoms with Gasteiger partial charge >= 0.3 is 0 Å². The number of benzene rings is 2. The van der Waals surface area contributed by atoms with Crippen LogP contribution in [0.5, 0.6) is 5.75 Å². The second-order valence-corrected chi connectivity index (χ2v) is 11.7. The van der Waals surface area contributed by atoms with E-state index in [0.29, 0.717) is 46.8 Å². The Labute approximate surface area is 224 Å². The molecule has 1 saturated carbocycles. The van der Waals surface area contributed by atoms with Crippen LogP contribution in [0.4, 0.5) is 4.39 Å². The summed E-state index contributed by atoms with van der Waals surface area (Å²) < 4.78 is 45.7. The maximum Gasteiger partial charge on any atom is 0.240 e. The number of rotatable bonds is 10. The number of nitrogens with two attached hydrogens (primary N) is 1. The van der Waals surface area contributed by atoms with E-state index in [1.54, 1.807) is 16.1 Å². The minimum atomic E-state index is -4.18. The van der Waals surface area contributed by atoms with Gasteiger partial charge in [-0.05, 0) is 61.9 Å². The number of ether oxygens (including phenoxy) is 1. The minimum Gasteiger partial charge on any atom is -0.494 e. The highest BCUT2D eigenvalue weighted by Gasteiger charge is 2.29. The van der Waals surface area contributed by atoms with Crippen molar-refractivity contribution in [3.05, 3.63) is 76.2 Å². The molecule has 0 amide bonds. The fourth-order valence-corrected chi connectivity index (χ4v) is 5.80. The summed E-state index contributed by atoms with van der Waals surface area (Å²) in [6.45, 7) is 3.90. The maximum absolute atomic E-state index is 14.7. The van der Waals surface area contributed by atoms with Crippen molar-refractivity contribution in [1.82, 2.24) is 14.8 Å². The van der Waals surface area contributed by atoms with Gasteiger partial charge in [-0.3, -0.25) is 4.79 Å². The van der Waals surface area contributed by atoms with Crippen LogP contribution in [0.1, 0.15) is 54.0 Å². The lowest BCUT2D eigenvalue weighted by atomic mass is 9.97. The third kappa shape index (κ3) is 5.54. The minimum absolute atomic E-state index is 0.126. The van der Waals surface area contributed by atoms with Crippen molar-refractivity contribution >= 4 is 27.1 Å². The molecule has 8 nitrogen and oxygen atoms in total. The van der Waals surface area contributed by atoms with Gasteiger partial charge in [-0.25, -0.2) is 27.6 Å². The van der Waals surface area contributed by atoms with Crippen molar-refractivity contribution in [3.8, 4) is 22.1 Å². The van der Waals surface area contributed by atoms with Crippen LogP contribution in [0, 0.1) is 11.7 Å². The number of aromatic nitrogens is 3. The van der Waals surface area contributed by atoms with Gasteiger partial charge in [-0.15, -0.1) is 11.3 Å². The van der Waals surface area contributed by atoms with Crippen LogP contribution in [0.15, 0.2) is 52.7 Å². The first kappa shape index (κ1) is 26.2. The molecule has 198 valence electrons. The molecule has 0 radical (unpaired) electrons. The van der Waals surface area contributed by atoms with Crippen molar-refractivity contribution in [2.45, 2.75) is 44.4 Å². The molecular formula is C27H27FN4O4S2. The molecule has 2 N–H and O–H groups in total. The Morgan fingerprint density at radius 2 is 2.03 bits per heavy atom. The number of nitrogens with zero attached hydrogens (tertiary/aromatic N) is 3. The second kappa shape index (κ2) is 10.4. The van der Waals surface area contributed by atoms with E-state index in [1.165, 1.54) is 30.4 Å². The van der Waals surface area contributed by atoms with Crippen LogP contribution in [0.2, 0.25) is 0 Å². The molecule has 2 aromatic carbocycles. The Balaban J connectivity index is 1.68. The number of sulfonamides is 1. The van der Waals surface area contributed by atoms with Gasteiger partial charge in [0.25, 0.3) is 0 Å². The predicted molar refractivity (Wildman–Crippen MR) is 143 cm³/mol. The molecule has 5 rings (SSSR count). The molecule has 0 aliphatic heterocycles. The summed E-state index contributed by atoms with van der Waals surface area (Å²) in [5.41, 5.74) is 4.29. The topological polar surface area (TPSA) is 117 Å². The number of thiazole rings is 1. The highest BCUT2D eigenvalue weighted by molar-refractivity contribution is 7.89. The SMILES string of the molecule is CCOc1cccc(-c2nn(-c3nc(C(C)=O)cs3)c(CC3CC3)c2Cc2ccc(S(N)(=O)=O)c(F)c2)c1. The van der Waals surface area contributed by atoms with E-state index in [2.05, 4.69) is 4.98 Å². The lowest BCUT2D eigenvalue weighted by Gasteiger charge is -2.10. The zero-order valence-corrected chi connectivity index (χ0v) is 22.6. The highest BCUT2D eigenvalue weighted by atomic mass is 32.2. The van der Waals surface area contributed by atoms with E-state index in [9.17, 15) is 17.6 Å². The molecule has 1 aliphatic rings. The van der Waals surface area contributed by atoms with Crippen LogP contribution < -0.4 is 9.88 Å². The van der Waals surface area contributed by atoms with Gasteiger partial charge in [0.2, 0.25) is 15.2 Å². The van der Waals surface area contributed by atoms with Gasteiger partial charge in [0.1, 0.15) is 22.2 Å². The fourth-order valence-electron chi connectivity index (χ4n) is 4.38. The number of carbonyl (C=O) groups is 1. The summed E-state index contributed by atoms with van der Waals surface area (Å²) in [6.07, 6.45) is 3.27. The molecule has 0 atom stereocenters. The molecule has 0 unspecified atom stereocenters. The summed E-state index contributed by atoms with van der Waals surface area (Å²) in [7, 11) is -4.18. The first-order valence-electron chi connectivity index (χ1n) is 12.3. The van der Waals surface area contributed by atoms with Crippen LogP contribution in [-0.4, -0.2) is 35.6 Å². The molecule has 4 aromatic rings. The van der Waals surface area contributed by atoms with Crippen LogP contribution in [-0.2, 0) is 22.9 Å². The van der Waals surface area contributed by atoms with Crippen molar-refractivity contribution < 1.29 is 22.3 Å². The number of Topliss-reactive ketones (excluding diaryl/α,β-unsaturated/α-hetero) is 1. The molecule has 11 heteroatoms. The second-order valence-electron chi connectivity index (χ2n) is 9.35. The van der Waals surface area contributed by atoms with Gasteiger partial charge in [0.15, 0.2) is 5.78 Å². The zero-order valence-electron chi connectivity index (χ0n) is 21.0. The number of halogens is 1. The van der Waals surface area contributed by atoms with E-state index in [1.807, 2.05) is 31.2 Å². The van der Waals surface area contributed by atoms with E-state index in [4.69, 9.17) is 15.0 Å². The maximum atomic E-state index is 14.7. The largest absolute Gasteiger partial charge is 0.494 e. The normalized spacial score (nSPS) is 13.6. The summed E-state index contributed by atoms with van der Waals surface area (Å²) in [6, 6.07) is 11.6. The predicted octanol–water partition coefficient (Wildman–Crippen LogP) is 4.93.